The van der Waals surface area contributed by atoms with Gasteiger partial charge in [-0.2, -0.15) is 5.10 Å². The van der Waals surface area contributed by atoms with Gasteiger partial charge in [0.25, 0.3) is 0 Å². The summed E-state index contributed by atoms with van der Waals surface area (Å²) in [6.07, 6.45) is 8.29. The van der Waals surface area contributed by atoms with E-state index in [4.69, 9.17) is 9.72 Å². The Kier molecular flexibility index (Phi) is 6.81. The summed E-state index contributed by atoms with van der Waals surface area (Å²) in [7, 11) is 4.35. The summed E-state index contributed by atoms with van der Waals surface area (Å²) in [5.74, 6) is 1.14. The maximum Gasteiger partial charge on any atom is 0.226 e. The molecule has 2 N–H and O–H groups in total. The maximum absolute atomic E-state index is 13.2. The maximum atomic E-state index is 13.2. The molecule has 40 heavy (non-hydrogen) atoms. The molecular formula is C29H36N8O2S. The lowest BCUT2D eigenvalue weighted by Crippen LogP contribution is -2.44. The first-order valence-corrected chi connectivity index (χ1v) is 15.1. The first kappa shape index (κ1) is 25.7. The molecule has 2 fully saturated rings. The predicted octanol–water partition coefficient (Wildman–Crippen LogP) is 3.81. The number of carbonyl (C=O) groups excluding carboxylic acids is 1. The summed E-state index contributed by atoms with van der Waals surface area (Å²) in [4.78, 5) is 31.7. The van der Waals surface area contributed by atoms with Crippen molar-refractivity contribution in [3.8, 4) is 0 Å². The number of ether oxygens (including phenoxy) is 1. The molecule has 4 aromatic rings. The van der Waals surface area contributed by atoms with Crippen molar-refractivity contribution >= 4 is 55.6 Å². The molecule has 10 nitrogen and oxygen atoms in total. The summed E-state index contributed by atoms with van der Waals surface area (Å²) < 4.78 is 5.45. The number of carbonyl (C=O) groups is 1. The number of anilines is 3. The number of fused-ring (bicyclic) bond motifs is 4. The average molecular weight is 561 g/mol. The number of aromatic nitrogens is 4. The van der Waals surface area contributed by atoms with E-state index < -0.39 is 0 Å². The number of aromatic amines is 1. The second kappa shape index (κ2) is 10.6. The van der Waals surface area contributed by atoms with Gasteiger partial charge in [-0.3, -0.25) is 9.89 Å². The van der Waals surface area contributed by atoms with Gasteiger partial charge in [0.05, 0.1) is 41.7 Å². The Labute approximate surface area is 237 Å². The van der Waals surface area contributed by atoms with Gasteiger partial charge < -0.3 is 24.8 Å². The fourth-order valence-electron chi connectivity index (χ4n) is 6.55. The first-order valence-electron chi connectivity index (χ1n) is 14.3. The number of amides is 1. The molecule has 7 rings (SSSR count). The number of thiophene rings is 1. The van der Waals surface area contributed by atoms with E-state index >= 15 is 0 Å². The number of benzene rings is 1. The number of morpholine rings is 1. The van der Waals surface area contributed by atoms with Crippen LogP contribution >= 0.6 is 11.3 Å². The van der Waals surface area contributed by atoms with Crippen LogP contribution in [0.3, 0.4) is 0 Å². The minimum Gasteiger partial charge on any atom is -0.378 e. The lowest BCUT2D eigenvalue weighted by Gasteiger charge is -2.37. The summed E-state index contributed by atoms with van der Waals surface area (Å²) in [6.45, 7) is 4.68. The second-order valence-corrected chi connectivity index (χ2v) is 12.5. The number of hydrogen-bond acceptors (Lipinski definition) is 9. The molecule has 0 saturated carbocycles. The van der Waals surface area contributed by atoms with Crippen molar-refractivity contribution in [2.45, 2.75) is 38.1 Å². The third-order valence-corrected chi connectivity index (χ3v) is 10.0. The Balaban J connectivity index is 1.19. The van der Waals surface area contributed by atoms with E-state index in [0.717, 1.165) is 77.8 Å². The van der Waals surface area contributed by atoms with Gasteiger partial charge in [0.1, 0.15) is 17.0 Å². The zero-order chi connectivity index (χ0) is 27.2. The highest BCUT2D eigenvalue weighted by Crippen LogP contribution is 2.42. The van der Waals surface area contributed by atoms with Crippen LogP contribution in [-0.4, -0.2) is 95.4 Å². The van der Waals surface area contributed by atoms with Crippen LogP contribution in [0.4, 0.5) is 17.2 Å². The molecule has 3 aromatic heterocycles. The molecule has 2 aliphatic heterocycles. The fourth-order valence-corrected chi connectivity index (χ4v) is 7.82. The smallest absolute Gasteiger partial charge is 0.226 e. The largest absolute Gasteiger partial charge is 0.378 e. The molecule has 1 aliphatic carbocycles. The topological polar surface area (TPSA) is 103 Å². The van der Waals surface area contributed by atoms with Crippen molar-refractivity contribution in [1.82, 2.24) is 30.0 Å². The van der Waals surface area contributed by atoms with Crippen LogP contribution in [0.2, 0.25) is 0 Å². The molecule has 1 aromatic carbocycles. The molecule has 1 amide bonds. The van der Waals surface area contributed by atoms with E-state index in [1.807, 2.05) is 11.1 Å². The van der Waals surface area contributed by atoms with E-state index in [-0.39, 0.29) is 11.8 Å². The zero-order valence-electron chi connectivity index (χ0n) is 23.2. The highest BCUT2D eigenvalue weighted by atomic mass is 32.1. The molecule has 0 bridgehead atoms. The molecule has 3 aliphatic rings. The SMILES string of the molecule is CN(C)C1CCN(c2cc3[nH]ncc3cc2Nc2ncnc3sc4c(c23)CC[C@H](C(=O)N2CCOCC2)C4)CC1. The van der Waals surface area contributed by atoms with Gasteiger partial charge in [-0.1, -0.05) is 0 Å². The number of hydrogen-bond donors (Lipinski definition) is 2. The third kappa shape index (κ3) is 4.69. The molecule has 11 heteroatoms. The molecular weight excluding hydrogens is 524 g/mol. The van der Waals surface area contributed by atoms with Gasteiger partial charge in [-0.25, -0.2) is 9.97 Å². The summed E-state index contributed by atoms with van der Waals surface area (Å²) in [6, 6.07) is 5.00. The molecule has 5 heterocycles. The minimum atomic E-state index is 0.0308. The summed E-state index contributed by atoms with van der Waals surface area (Å²) in [5.41, 5.74) is 4.54. The summed E-state index contributed by atoms with van der Waals surface area (Å²) in [5, 5.41) is 13.3. The van der Waals surface area contributed by atoms with E-state index in [2.05, 4.69) is 56.5 Å². The van der Waals surface area contributed by atoms with Gasteiger partial charge in [0.15, 0.2) is 0 Å². The lowest BCUT2D eigenvalue weighted by atomic mass is 9.86. The van der Waals surface area contributed by atoms with Crippen molar-refractivity contribution in [2.24, 2.45) is 5.92 Å². The van der Waals surface area contributed by atoms with Gasteiger partial charge >= 0.3 is 0 Å². The zero-order valence-corrected chi connectivity index (χ0v) is 24.0. The molecule has 210 valence electrons. The van der Waals surface area contributed by atoms with Crippen LogP contribution in [0.15, 0.2) is 24.7 Å². The highest BCUT2D eigenvalue weighted by molar-refractivity contribution is 7.19. The molecule has 0 unspecified atom stereocenters. The minimum absolute atomic E-state index is 0.0308. The van der Waals surface area contributed by atoms with Gasteiger partial charge in [0, 0.05) is 48.4 Å². The number of aryl methyl sites for hydroxylation is 1. The van der Waals surface area contributed by atoms with Crippen molar-refractivity contribution in [1.29, 1.82) is 0 Å². The fraction of sp³-hybridized carbons (Fsp3) is 0.517. The quantitative estimate of drug-likeness (QED) is 0.380. The Morgan fingerprint density at radius 2 is 1.95 bits per heavy atom. The molecule has 0 radical (unpaired) electrons. The van der Waals surface area contributed by atoms with Crippen LogP contribution in [-0.2, 0) is 22.4 Å². The third-order valence-electron chi connectivity index (χ3n) is 8.86. The molecule has 2 saturated heterocycles. The number of nitrogens with zero attached hydrogens (tertiary/aromatic N) is 6. The van der Waals surface area contributed by atoms with Gasteiger partial charge in [0.2, 0.25) is 5.91 Å². The monoisotopic (exact) mass is 560 g/mol. The number of H-pyrrole nitrogens is 1. The predicted molar refractivity (Wildman–Crippen MR) is 159 cm³/mol. The molecule has 1 atom stereocenters. The van der Waals surface area contributed by atoms with Crippen molar-refractivity contribution in [3.63, 3.8) is 0 Å². The van der Waals surface area contributed by atoms with Gasteiger partial charge in [-0.05, 0) is 63.9 Å². The van der Waals surface area contributed by atoms with Crippen LogP contribution in [0.25, 0.3) is 21.1 Å². The second-order valence-electron chi connectivity index (χ2n) is 11.4. The Morgan fingerprint density at radius 1 is 1.12 bits per heavy atom. The summed E-state index contributed by atoms with van der Waals surface area (Å²) >= 11 is 1.71. The number of rotatable bonds is 5. The van der Waals surface area contributed by atoms with Crippen LogP contribution in [0.5, 0.6) is 0 Å². The average Bonchev–Trinajstić information content (AvgIpc) is 3.61. The Bertz CT molecular complexity index is 1530. The molecule has 0 spiro atoms. The van der Waals surface area contributed by atoms with Crippen LogP contribution in [0, 0.1) is 5.92 Å². The van der Waals surface area contributed by atoms with Crippen LogP contribution in [0.1, 0.15) is 29.7 Å². The highest BCUT2D eigenvalue weighted by Gasteiger charge is 2.32. The van der Waals surface area contributed by atoms with E-state index in [0.29, 0.717) is 32.3 Å². The number of piperidine rings is 1. The van der Waals surface area contributed by atoms with Crippen molar-refractivity contribution in [2.75, 3.05) is 63.7 Å². The van der Waals surface area contributed by atoms with Crippen molar-refractivity contribution in [3.05, 3.63) is 35.1 Å². The van der Waals surface area contributed by atoms with Crippen LogP contribution < -0.4 is 10.2 Å². The Morgan fingerprint density at radius 3 is 2.75 bits per heavy atom. The van der Waals surface area contributed by atoms with E-state index in [1.54, 1.807) is 17.7 Å². The lowest BCUT2D eigenvalue weighted by molar-refractivity contribution is -0.140. The first-order chi connectivity index (χ1) is 19.5. The normalized spacial score (nSPS) is 20.4. The van der Waals surface area contributed by atoms with Gasteiger partial charge in [-0.15, -0.1) is 11.3 Å². The number of nitrogens with one attached hydrogen (secondary N) is 2. The Hall–Kier alpha value is -3.28. The van der Waals surface area contributed by atoms with E-state index in [9.17, 15) is 4.79 Å². The standard InChI is InChI=1S/C29H36N8O2S/c1-35(2)20-5-7-36(8-6-20)24-15-22-19(16-32-34-22)13-23(24)33-27-26-21-4-3-18(29(38)37-9-11-39-12-10-37)14-25(21)40-28(26)31-17-30-27/h13,15-18,20H,3-12,14H2,1-2H3,(H,32,34)(H,30,31,33)/t18-/m0/s1. The van der Waals surface area contributed by atoms with E-state index in [1.165, 1.54) is 16.1 Å². The van der Waals surface area contributed by atoms with Crippen molar-refractivity contribution < 1.29 is 9.53 Å².